The molecule has 7 heteroatoms. The first kappa shape index (κ1) is 19.6. The third-order valence-corrected chi connectivity index (χ3v) is 5.60. The monoisotopic (exact) mass is 417 g/mol. The lowest BCUT2D eigenvalue weighted by Crippen LogP contribution is -2.34. The van der Waals surface area contributed by atoms with E-state index in [2.05, 4.69) is 15.8 Å². The zero-order chi connectivity index (χ0) is 20.9. The number of hydrogen-bond donors (Lipinski definition) is 2. The molecule has 0 saturated carbocycles. The van der Waals surface area contributed by atoms with Crippen LogP contribution in [-0.2, 0) is 4.79 Å². The minimum Gasteiger partial charge on any atom is -0.497 e. The van der Waals surface area contributed by atoms with Gasteiger partial charge in [0.1, 0.15) is 5.75 Å². The van der Waals surface area contributed by atoms with Gasteiger partial charge in [-0.25, -0.2) is 5.43 Å². The van der Waals surface area contributed by atoms with Gasteiger partial charge in [-0.05, 0) is 41.1 Å². The van der Waals surface area contributed by atoms with E-state index in [9.17, 15) is 9.59 Å². The highest BCUT2D eigenvalue weighted by Gasteiger charge is 2.09. The average Bonchev–Trinajstić information content (AvgIpc) is 3.20. The van der Waals surface area contributed by atoms with E-state index < -0.39 is 5.91 Å². The molecule has 2 amide bonds. The van der Waals surface area contributed by atoms with Crippen LogP contribution in [0, 0.1) is 0 Å². The number of amides is 2. The largest absolute Gasteiger partial charge is 0.497 e. The van der Waals surface area contributed by atoms with Crippen molar-refractivity contribution < 1.29 is 14.3 Å². The van der Waals surface area contributed by atoms with Gasteiger partial charge in [0.25, 0.3) is 11.8 Å². The molecule has 4 rings (SSSR count). The molecular weight excluding hydrogens is 398 g/mol. The number of rotatable bonds is 6. The predicted octanol–water partition coefficient (Wildman–Crippen LogP) is 3.94. The number of nitrogens with one attached hydrogen (secondary N) is 2. The summed E-state index contributed by atoms with van der Waals surface area (Å²) in [5.41, 5.74) is 3.86. The van der Waals surface area contributed by atoms with Crippen LogP contribution in [-0.4, -0.2) is 31.7 Å². The number of methoxy groups -OCH3 is 1. The summed E-state index contributed by atoms with van der Waals surface area (Å²) in [6.45, 7) is -0.165. The Balaban J connectivity index is 1.33. The van der Waals surface area contributed by atoms with Gasteiger partial charge in [-0.15, -0.1) is 11.3 Å². The number of hydrazone groups is 1. The Morgan fingerprint density at radius 3 is 2.73 bits per heavy atom. The van der Waals surface area contributed by atoms with Crippen molar-refractivity contribution in [3.8, 4) is 5.75 Å². The third-order valence-electron chi connectivity index (χ3n) is 4.62. The standard InChI is InChI=1S/C23H19N3O3S/c1-29-19-9-8-15-10-17(7-6-16(15)11-19)23(28)24-13-22(27)26-25-12-18-14-30-21-5-3-2-4-20(18)21/h2-12,14H,13H2,1H3,(H,24,28)(H,26,27)/b25-12+. The Hall–Kier alpha value is -3.71. The van der Waals surface area contributed by atoms with Crippen molar-refractivity contribution in [3.63, 3.8) is 0 Å². The lowest BCUT2D eigenvalue weighted by molar-refractivity contribution is -0.120. The van der Waals surface area contributed by atoms with Gasteiger partial charge < -0.3 is 10.1 Å². The third kappa shape index (κ3) is 4.31. The van der Waals surface area contributed by atoms with Crippen molar-refractivity contribution in [1.82, 2.24) is 10.7 Å². The van der Waals surface area contributed by atoms with E-state index in [0.717, 1.165) is 32.2 Å². The second-order valence-corrected chi connectivity index (χ2v) is 7.50. The fraction of sp³-hybridized carbons (Fsp3) is 0.0870. The molecule has 0 fully saturated rings. The van der Waals surface area contributed by atoms with Gasteiger partial charge in [-0.2, -0.15) is 5.10 Å². The van der Waals surface area contributed by atoms with Crippen LogP contribution >= 0.6 is 11.3 Å². The first-order valence-electron chi connectivity index (χ1n) is 9.28. The van der Waals surface area contributed by atoms with Crippen LogP contribution < -0.4 is 15.5 Å². The van der Waals surface area contributed by atoms with Gasteiger partial charge in [-0.3, -0.25) is 9.59 Å². The molecule has 0 spiro atoms. The molecule has 6 nitrogen and oxygen atoms in total. The summed E-state index contributed by atoms with van der Waals surface area (Å²) in [7, 11) is 1.61. The van der Waals surface area contributed by atoms with Crippen LogP contribution in [0.2, 0.25) is 0 Å². The number of fused-ring (bicyclic) bond motifs is 2. The SMILES string of the molecule is COc1ccc2cc(C(=O)NCC(=O)N/N=C/c3csc4ccccc34)ccc2c1. The molecular formula is C23H19N3O3S. The van der Waals surface area contributed by atoms with Crippen molar-refractivity contribution in [1.29, 1.82) is 0 Å². The van der Waals surface area contributed by atoms with E-state index in [4.69, 9.17) is 4.74 Å². The fourth-order valence-corrected chi connectivity index (χ4v) is 3.98. The van der Waals surface area contributed by atoms with Crippen LogP contribution in [0.3, 0.4) is 0 Å². The fourth-order valence-electron chi connectivity index (χ4n) is 3.07. The lowest BCUT2D eigenvalue weighted by atomic mass is 10.1. The number of ether oxygens (including phenoxy) is 1. The van der Waals surface area contributed by atoms with Gasteiger partial charge >= 0.3 is 0 Å². The molecule has 2 N–H and O–H groups in total. The second kappa shape index (κ2) is 8.75. The zero-order valence-electron chi connectivity index (χ0n) is 16.2. The Kier molecular flexibility index (Phi) is 5.72. The molecule has 1 heterocycles. The highest BCUT2D eigenvalue weighted by atomic mass is 32.1. The second-order valence-electron chi connectivity index (χ2n) is 6.59. The molecule has 4 aromatic rings. The summed E-state index contributed by atoms with van der Waals surface area (Å²) in [6, 6.07) is 19.0. The van der Waals surface area contributed by atoms with Crippen molar-refractivity contribution >= 4 is 50.2 Å². The average molecular weight is 417 g/mol. The van der Waals surface area contributed by atoms with Crippen LogP contribution in [0.25, 0.3) is 20.9 Å². The Labute approximate surface area is 177 Å². The molecule has 1 aromatic heterocycles. The van der Waals surface area contributed by atoms with E-state index >= 15 is 0 Å². The Morgan fingerprint density at radius 2 is 1.87 bits per heavy atom. The number of carbonyl (C=O) groups is 2. The van der Waals surface area contributed by atoms with Crippen LogP contribution in [0.5, 0.6) is 5.75 Å². The molecule has 0 atom stereocenters. The van der Waals surface area contributed by atoms with E-state index in [1.54, 1.807) is 36.8 Å². The molecule has 0 saturated heterocycles. The highest BCUT2D eigenvalue weighted by Crippen LogP contribution is 2.24. The number of thiophene rings is 1. The molecule has 0 aliphatic rings. The molecule has 0 bridgehead atoms. The maximum Gasteiger partial charge on any atom is 0.259 e. The number of carbonyl (C=O) groups excluding carboxylic acids is 2. The Morgan fingerprint density at radius 1 is 1.07 bits per heavy atom. The van der Waals surface area contributed by atoms with E-state index in [0.29, 0.717) is 5.56 Å². The minimum atomic E-state index is -0.398. The van der Waals surface area contributed by atoms with Gasteiger partial charge in [0.2, 0.25) is 0 Å². The van der Waals surface area contributed by atoms with E-state index in [1.807, 2.05) is 53.9 Å². The molecule has 3 aromatic carbocycles. The summed E-state index contributed by atoms with van der Waals surface area (Å²) in [6.07, 6.45) is 1.61. The summed E-state index contributed by atoms with van der Waals surface area (Å²) in [5.74, 6) is 0.0349. The molecule has 0 aliphatic heterocycles. The minimum absolute atomic E-state index is 0.165. The van der Waals surface area contributed by atoms with Crippen molar-refractivity contribution in [2.45, 2.75) is 0 Å². The predicted molar refractivity (Wildman–Crippen MR) is 120 cm³/mol. The normalized spacial score (nSPS) is 11.1. The summed E-state index contributed by atoms with van der Waals surface area (Å²) in [4.78, 5) is 24.4. The van der Waals surface area contributed by atoms with E-state index in [-0.39, 0.29) is 12.5 Å². The topological polar surface area (TPSA) is 79.8 Å². The molecule has 0 unspecified atom stereocenters. The van der Waals surface area contributed by atoms with Crippen LogP contribution in [0.1, 0.15) is 15.9 Å². The smallest absolute Gasteiger partial charge is 0.259 e. The zero-order valence-corrected chi connectivity index (χ0v) is 17.0. The first-order valence-corrected chi connectivity index (χ1v) is 10.2. The van der Waals surface area contributed by atoms with E-state index in [1.165, 1.54) is 0 Å². The highest BCUT2D eigenvalue weighted by molar-refractivity contribution is 7.17. The van der Waals surface area contributed by atoms with Crippen LogP contribution in [0.4, 0.5) is 0 Å². The van der Waals surface area contributed by atoms with Gasteiger partial charge in [-0.1, -0.05) is 30.3 Å². The van der Waals surface area contributed by atoms with Crippen molar-refractivity contribution in [2.24, 2.45) is 5.10 Å². The number of benzene rings is 3. The number of nitrogens with zero attached hydrogens (tertiary/aromatic N) is 1. The van der Waals surface area contributed by atoms with Crippen LogP contribution in [0.15, 0.2) is 71.1 Å². The number of hydrogen-bond acceptors (Lipinski definition) is 5. The lowest BCUT2D eigenvalue weighted by Gasteiger charge is -2.07. The summed E-state index contributed by atoms with van der Waals surface area (Å²) < 4.78 is 6.37. The first-order chi connectivity index (χ1) is 14.6. The van der Waals surface area contributed by atoms with Crippen molar-refractivity contribution in [2.75, 3.05) is 13.7 Å². The maximum atomic E-state index is 12.4. The van der Waals surface area contributed by atoms with Gasteiger partial charge in [0.05, 0.1) is 19.9 Å². The molecule has 0 aliphatic carbocycles. The molecule has 0 radical (unpaired) electrons. The Bertz CT molecular complexity index is 1260. The molecule has 30 heavy (non-hydrogen) atoms. The maximum absolute atomic E-state index is 12.4. The molecule has 150 valence electrons. The van der Waals surface area contributed by atoms with Gasteiger partial charge in [0, 0.05) is 26.6 Å². The summed E-state index contributed by atoms with van der Waals surface area (Å²) in [5, 5.41) is 11.6. The van der Waals surface area contributed by atoms with Gasteiger partial charge in [0.15, 0.2) is 0 Å². The quantitative estimate of drug-likeness (QED) is 0.368. The summed E-state index contributed by atoms with van der Waals surface area (Å²) >= 11 is 1.62. The van der Waals surface area contributed by atoms with Crippen molar-refractivity contribution in [3.05, 3.63) is 77.2 Å².